The second kappa shape index (κ2) is 8.44. The molecular weight excluding hydrogens is 286 g/mol. The Morgan fingerprint density at radius 2 is 1.91 bits per heavy atom. The molecule has 0 aliphatic carbocycles. The first kappa shape index (κ1) is 17.2. The van der Waals surface area contributed by atoms with Crippen LogP contribution in [0.5, 0.6) is 0 Å². The van der Waals surface area contributed by atoms with Crippen LogP contribution in [0.2, 0.25) is 0 Å². The Morgan fingerprint density at radius 1 is 1.17 bits per heavy atom. The van der Waals surface area contributed by atoms with Crippen LogP contribution < -0.4 is 4.90 Å². The van der Waals surface area contributed by atoms with E-state index in [0.717, 1.165) is 18.7 Å². The highest BCUT2D eigenvalue weighted by Gasteiger charge is 2.15. The van der Waals surface area contributed by atoms with E-state index in [1.54, 1.807) is 12.4 Å². The number of hydrogen-bond acceptors (Lipinski definition) is 3. The normalized spacial score (nSPS) is 10.8. The highest BCUT2D eigenvalue weighted by molar-refractivity contribution is 5.94. The van der Waals surface area contributed by atoms with Crippen LogP contribution in [0.3, 0.4) is 0 Å². The lowest BCUT2D eigenvalue weighted by Gasteiger charge is -2.24. The van der Waals surface area contributed by atoms with Crippen molar-refractivity contribution < 1.29 is 4.79 Å². The van der Waals surface area contributed by atoms with Gasteiger partial charge in [-0.2, -0.15) is 0 Å². The first-order chi connectivity index (χ1) is 11.1. The number of benzene rings is 1. The van der Waals surface area contributed by atoms with Gasteiger partial charge in [0.05, 0.1) is 6.54 Å². The summed E-state index contributed by atoms with van der Waals surface area (Å²) in [5.41, 5.74) is 3.38. The molecule has 4 nitrogen and oxygen atoms in total. The fraction of sp³-hybridized carbons (Fsp3) is 0.368. The predicted molar refractivity (Wildman–Crippen MR) is 94.6 cm³/mol. The third-order valence-electron chi connectivity index (χ3n) is 3.87. The van der Waals surface area contributed by atoms with E-state index in [1.165, 1.54) is 11.1 Å². The lowest BCUT2D eigenvalue weighted by Crippen LogP contribution is -2.39. The lowest BCUT2D eigenvalue weighted by atomic mass is 10.2. The van der Waals surface area contributed by atoms with Gasteiger partial charge in [-0.15, -0.1) is 0 Å². The van der Waals surface area contributed by atoms with Crippen LogP contribution in [0.25, 0.3) is 0 Å². The van der Waals surface area contributed by atoms with Crippen molar-refractivity contribution in [2.75, 3.05) is 31.6 Å². The van der Waals surface area contributed by atoms with Crippen molar-refractivity contribution in [2.24, 2.45) is 0 Å². The number of aryl methyl sites for hydroxylation is 1. The van der Waals surface area contributed by atoms with Crippen LogP contribution in [0, 0.1) is 6.92 Å². The van der Waals surface area contributed by atoms with Gasteiger partial charge < -0.3 is 4.90 Å². The third kappa shape index (κ3) is 5.18. The molecule has 2 aromatic rings. The number of rotatable bonds is 7. The summed E-state index contributed by atoms with van der Waals surface area (Å²) in [6.45, 7) is 6.01. The predicted octanol–water partition coefficient (Wildman–Crippen LogP) is 2.92. The Morgan fingerprint density at radius 3 is 2.57 bits per heavy atom. The molecule has 0 spiro atoms. The first-order valence-electron chi connectivity index (χ1n) is 8.04. The molecule has 0 N–H and O–H groups in total. The summed E-state index contributed by atoms with van der Waals surface area (Å²) < 4.78 is 0. The minimum absolute atomic E-state index is 0.135. The monoisotopic (exact) mass is 311 g/mol. The van der Waals surface area contributed by atoms with Crippen molar-refractivity contribution in [3.63, 3.8) is 0 Å². The van der Waals surface area contributed by atoms with Crippen molar-refractivity contribution >= 4 is 11.6 Å². The lowest BCUT2D eigenvalue weighted by molar-refractivity contribution is -0.119. The number of anilines is 1. The van der Waals surface area contributed by atoms with Crippen molar-refractivity contribution in [3.8, 4) is 0 Å². The molecule has 0 radical (unpaired) electrons. The molecule has 0 unspecified atom stereocenters. The first-order valence-corrected chi connectivity index (χ1v) is 8.04. The Kier molecular flexibility index (Phi) is 6.29. The summed E-state index contributed by atoms with van der Waals surface area (Å²) in [5, 5.41) is 0. The molecule has 0 saturated carbocycles. The average molecular weight is 311 g/mol. The zero-order chi connectivity index (χ0) is 16.7. The topological polar surface area (TPSA) is 36.4 Å². The summed E-state index contributed by atoms with van der Waals surface area (Å²) in [6.07, 6.45) is 4.52. The second-order valence-electron chi connectivity index (χ2n) is 5.82. The number of hydrogen-bond donors (Lipinski definition) is 0. The number of amides is 1. The average Bonchev–Trinajstić information content (AvgIpc) is 2.55. The maximum Gasteiger partial charge on any atom is 0.241 e. The van der Waals surface area contributed by atoms with Crippen LogP contribution >= 0.6 is 0 Å². The molecule has 0 atom stereocenters. The third-order valence-corrected chi connectivity index (χ3v) is 3.87. The molecule has 1 heterocycles. The molecule has 1 aromatic carbocycles. The number of aromatic nitrogens is 1. The molecule has 0 aliphatic heterocycles. The SMILES string of the molecule is CCN(C(=O)CN(C)CCc1ccncc1)c1cccc(C)c1. The highest BCUT2D eigenvalue weighted by Crippen LogP contribution is 2.16. The van der Waals surface area contributed by atoms with Gasteiger partial charge in [0, 0.05) is 31.2 Å². The van der Waals surface area contributed by atoms with Crippen molar-refractivity contribution in [1.82, 2.24) is 9.88 Å². The van der Waals surface area contributed by atoms with Crippen LogP contribution in [0.4, 0.5) is 5.69 Å². The van der Waals surface area contributed by atoms with Gasteiger partial charge in [-0.05, 0) is 62.7 Å². The fourth-order valence-corrected chi connectivity index (χ4v) is 2.56. The van der Waals surface area contributed by atoms with E-state index in [4.69, 9.17) is 0 Å². The van der Waals surface area contributed by atoms with Crippen LogP contribution in [-0.4, -0.2) is 42.5 Å². The molecule has 1 aromatic heterocycles. The summed E-state index contributed by atoms with van der Waals surface area (Å²) >= 11 is 0. The molecule has 0 aliphatic rings. The highest BCUT2D eigenvalue weighted by atomic mass is 16.2. The van der Waals surface area contributed by atoms with Gasteiger partial charge >= 0.3 is 0 Å². The number of carbonyl (C=O) groups is 1. The Balaban J connectivity index is 1.91. The molecular formula is C19H25N3O. The molecule has 0 fully saturated rings. The van der Waals surface area contributed by atoms with E-state index in [2.05, 4.69) is 16.0 Å². The van der Waals surface area contributed by atoms with E-state index in [0.29, 0.717) is 13.1 Å². The number of likely N-dealkylation sites (N-methyl/N-ethyl adjacent to an activating group) is 2. The van der Waals surface area contributed by atoms with Gasteiger partial charge in [-0.25, -0.2) is 0 Å². The quantitative estimate of drug-likeness (QED) is 0.789. The van der Waals surface area contributed by atoms with Crippen LogP contribution in [0.15, 0.2) is 48.8 Å². The Labute approximate surface area is 138 Å². The zero-order valence-corrected chi connectivity index (χ0v) is 14.2. The van der Waals surface area contributed by atoms with E-state index >= 15 is 0 Å². The zero-order valence-electron chi connectivity index (χ0n) is 14.2. The molecule has 1 amide bonds. The van der Waals surface area contributed by atoms with Crippen LogP contribution in [-0.2, 0) is 11.2 Å². The van der Waals surface area contributed by atoms with Crippen LogP contribution in [0.1, 0.15) is 18.1 Å². The van der Waals surface area contributed by atoms with E-state index in [-0.39, 0.29) is 5.91 Å². The minimum Gasteiger partial charge on any atom is -0.312 e. The fourth-order valence-electron chi connectivity index (χ4n) is 2.56. The molecule has 4 heteroatoms. The van der Waals surface area contributed by atoms with Gasteiger partial charge in [-0.3, -0.25) is 14.7 Å². The smallest absolute Gasteiger partial charge is 0.241 e. The minimum atomic E-state index is 0.135. The standard InChI is InChI=1S/C19H25N3O/c1-4-22(18-7-5-6-16(2)14-18)19(23)15-21(3)13-10-17-8-11-20-12-9-17/h5-9,11-12,14H,4,10,13,15H2,1-3H3. The summed E-state index contributed by atoms with van der Waals surface area (Å²) in [7, 11) is 1.99. The Hall–Kier alpha value is -2.20. The van der Waals surface area contributed by atoms with E-state index < -0.39 is 0 Å². The number of nitrogens with zero attached hydrogens (tertiary/aromatic N) is 3. The maximum absolute atomic E-state index is 12.6. The molecule has 122 valence electrons. The summed E-state index contributed by atoms with van der Waals surface area (Å²) in [5.74, 6) is 0.135. The number of carbonyl (C=O) groups excluding carboxylic acids is 1. The second-order valence-corrected chi connectivity index (χ2v) is 5.82. The molecule has 2 rings (SSSR count). The van der Waals surface area contributed by atoms with Crippen molar-refractivity contribution in [3.05, 3.63) is 59.9 Å². The van der Waals surface area contributed by atoms with Gasteiger partial charge in [0.1, 0.15) is 0 Å². The van der Waals surface area contributed by atoms with Crippen molar-refractivity contribution in [1.29, 1.82) is 0 Å². The molecule has 0 bridgehead atoms. The summed E-state index contributed by atoms with van der Waals surface area (Å²) in [4.78, 5) is 20.5. The van der Waals surface area contributed by atoms with Gasteiger partial charge in [0.2, 0.25) is 5.91 Å². The van der Waals surface area contributed by atoms with Gasteiger partial charge in [0.25, 0.3) is 0 Å². The number of pyridine rings is 1. The van der Waals surface area contributed by atoms with Gasteiger partial charge in [-0.1, -0.05) is 12.1 Å². The summed E-state index contributed by atoms with van der Waals surface area (Å²) in [6, 6.07) is 12.1. The van der Waals surface area contributed by atoms with E-state index in [1.807, 2.05) is 56.1 Å². The van der Waals surface area contributed by atoms with E-state index in [9.17, 15) is 4.79 Å². The largest absolute Gasteiger partial charge is 0.312 e. The molecule has 23 heavy (non-hydrogen) atoms. The van der Waals surface area contributed by atoms with Crippen molar-refractivity contribution in [2.45, 2.75) is 20.3 Å². The maximum atomic E-state index is 12.6. The molecule has 0 saturated heterocycles. The van der Waals surface area contributed by atoms with Gasteiger partial charge in [0.15, 0.2) is 0 Å². The Bertz CT molecular complexity index is 628.